The SMILES string of the molecule is CCN(CC)C(=O)[C@H](NC(=O)CC(C)C)C1CCN(C(=O)CCc2ccccc2)CC1. The quantitative estimate of drug-likeness (QED) is 0.621. The summed E-state index contributed by atoms with van der Waals surface area (Å²) in [4.78, 5) is 42.0. The molecule has 1 aromatic carbocycles. The Balaban J connectivity index is 1.95. The van der Waals surface area contributed by atoms with E-state index in [2.05, 4.69) is 5.32 Å². The van der Waals surface area contributed by atoms with Crippen LogP contribution in [0.5, 0.6) is 0 Å². The number of aryl methyl sites for hydroxylation is 1. The second kappa shape index (κ2) is 12.5. The molecule has 0 spiro atoms. The number of benzene rings is 1. The summed E-state index contributed by atoms with van der Waals surface area (Å²) in [7, 11) is 0. The summed E-state index contributed by atoms with van der Waals surface area (Å²) in [5.41, 5.74) is 1.17. The van der Waals surface area contributed by atoms with Crippen LogP contribution in [-0.4, -0.2) is 59.7 Å². The first kappa shape index (κ1) is 24.9. The Bertz CT molecular complexity index is 708. The van der Waals surface area contributed by atoms with Crippen LogP contribution >= 0.6 is 0 Å². The predicted molar refractivity (Wildman–Crippen MR) is 123 cm³/mol. The third-order valence-corrected chi connectivity index (χ3v) is 6.09. The predicted octanol–water partition coefficient (Wildman–Crippen LogP) is 3.26. The summed E-state index contributed by atoms with van der Waals surface area (Å²) in [6, 6.07) is 9.54. The van der Waals surface area contributed by atoms with Gasteiger partial charge in [0, 0.05) is 39.0 Å². The molecular formula is C25H39N3O3. The van der Waals surface area contributed by atoms with Crippen LogP contribution in [0, 0.1) is 11.8 Å². The van der Waals surface area contributed by atoms with Crippen molar-refractivity contribution in [1.82, 2.24) is 15.1 Å². The lowest BCUT2D eigenvalue weighted by Gasteiger charge is -2.37. The first-order chi connectivity index (χ1) is 14.8. The number of rotatable bonds is 10. The van der Waals surface area contributed by atoms with E-state index in [4.69, 9.17) is 0 Å². The van der Waals surface area contributed by atoms with Crippen molar-refractivity contribution in [2.24, 2.45) is 11.8 Å². The Morgan fingerprint density at radius 3 is 2.23 bits per heavy atom. The van der Waals surface area contributed by atoms with Gasteiger partial charge in [0.1, 0.15) is 6.04 Å². The van der Waals surface area contributed by atoms with Crippen LogP contribution in [0.4, 0.5) is 0 Å². The van der Waals surface area contributed by atoms with Crippen molar-refractivity contribution in [1.29, 1.82) is 0 Å². The fourth-order valence-electron chi connectivity index (χ4n) is 4.25. The number of amides is 3. The number of carbonyl (C=O) groups excluding carboxylic acids is 3. The van der Waals surface area contributed by atoms with Gasteiger partial charge in [0.05, 0.1) is 0 Å². The third kappa shape index (κ3) is 7.67. The number of nitrogens with one attached hydrogen (secondary N) is 1. The van der Waals surface area contributed by atoms with Crippen molar-refractivity contribution in [3.8, 4) is 0 Å². The molecule has 31 heavy (non-hydrogen) atoms. The second-order valence-corrected chi connectivity index (χ2v) is 8.86. The fourth-order valence-corrected chi connectivity index (χ4v) is 4.25. The number of carbonyl (C=O) groups is 3. The number of nitrogens with zero attached hydrogens (tertiary/aromatic N) is 2. The van der Waals surface area contributed by atoms with E-state index in [1.807, 2.05) is 62.9 Å². The van der Waals surface area contributed by atoms with Crippen LogP contribution in [0.3, 0.4) is 0 Å². The van der Waals surface area contributed by atoms with Crippen molar-refractivity contribution in [3.05, 3.63) is 35.9 Å². The van der Waals surface area contributed by atoms with E-state index in [0.29, 0.717) is 39.0 Å². The van der Waals surface area contributed by atoms with Crippen LogP contribution in [0.2, 0.25) is 0 Å². The van der Waals surface area contributed by atoms with Gasteiger partial charge in [0.15, 0.2) is 0 Å². The molecule has 1 N–H and O–H groups in total. The van der Waals surface area contributed by atoms with Crippen LogP contribution in [-0.2, 0) is 20.8 Å². The van der Waals surface area contributed by atoms with E-state index in [0.717, 1.165) is 19.3 Å². The molecule has 0 aliphatic carbocycles. The van der Waals surface area contributed by atoms with Crippen molar-refractivity contribution >= 4 is 17.7 Å². The first-order valence-corrected chi connectivity index (χ1v) is 11.8. The van der Waals surface area contributed by atoms with Gasteiger partial charge < -0.3 is 15.1 Å². The molecule has 172 valence electrons. The molecule has 1 aromatic rings. The van der Waals surface area contributed by atoms with Gasteiger partial charge in [-0.3, -0.25) is 14.4 Å². The summed E-state index contributed by atoms with van der Waals surface area (Å²) >= 11 is 0. The lowest BCUT2D eigenvalue weighted by Crippen LogP contribution is -2.54. The Labute approximate surface area is 187 Å². The smallest absolute Gasteiger partial charge is 0.245 e. The highest BCUT2D eigenvalue weighted by Crippen LogP contribution is 2.23. The molecule has 2 rings (SSSR count). The molecule has 0 saturated carbocycles. The number of piperidine rings is 1. The first-order valence-electron chi connectivity index (χ1n) is 11.8. The average Bonchev–Trinajstić information content (AvgIpc) is 2.77. The van der Waals surface area contributed by atoms with Gasteiger partial charge >= 0.3 is 0 Å². The lowest BCUT2D eigenvalue weighted by molar-refractivity contribution is -0.139. The Morgan fingerprint density at radius 1 is 1.06 bits per heavy atom. The molecule has 1 atom stereocenters. The highest BCUT2D eigenvalue weighted by atomic mass is 16.2. The average molecular weight is 430 g/mol. The van der Waals surface area contributed by atoms with E-state index >= 15 is 0 Å². The maximum absolute atomic E-state index is 13.1. The van der Waals surface area contributed by atoms with E-state index in [1.165, 1.54) is 5.56 Å². The van der Waals surface area contributed by atoms with Gasteiger partial charge in [-0.2, -0.15) is 0 Å². The van der Waals surface area contributed by atoms with E-state index < -0.39 is 6.04 Å². The van der Waals surface area contributed by atoms with Crippen molar-refractivity contribution in [2.75, 3.05) is 26.2 Å². The Hall–Kier alpha value is -2.37. The third-order valence-electron chi connectivity index (χ3n) is 6.09. The van der Waals surface area contributed by atoms with E-state index in [-0.39, 0.29) is 29.6 Å². The monoisotopic (exact) mass is 429 g/mol. The molecule has 1 aliphatic rings. The Morgan fingerprint density at radius 2 is 1.68 bits per heavy atom. The minimum absolute atomic E-state index is 0.00374. The minimum atomic E-state index is -0.507. The minimum Gasteiger partial charge on any atom is -0.344 e. The molecule has 6 heteroatoms. The molecule has 0 aromatic heterocycles. The number of hydrogen-bond donors (Lipinski definition) is 1. The van der Waals surface area contributed by atoms with E-state index in [9.17, 15) is 14.4 Å². The summed E-state index contributed by atoms with van der Waals surface area (Å²) in [5, 5.41) is 3.02. The summed E-state index contributed by atoms with van der Waals surface area (Å²) in [6.45, 7) is 10.5. The largest absolute Gasteiger partial charge is 0.344 e. The molecule has 1 heterocycles. The Kier molecular flexibility index (Phi) is 10.0. The maximum Gasteiger partial charge on any atom is 0.245 e. The van der Waals surface area contributed by atoms with Crippen LogP contribution in [0.1, 0.15) is 58.9 Å². The zero-order valence-electron chi connectivity index (χ0n) is 19.6. The van der Waals surface area contributed by atoms with Crippen LogP contribution in [0.15, 0.2) is 30.3 Å². The molecule has 0 unspecified atom stereocenters. The van der Waals surface area contributed by atoms with Gasteiger partial charge in [-0.05, 0) is 50.5 Å². The molecule has 1 saturated heterocycles. The maximum atomic E-state index is 13.1. The zero-order chi connectivity index (χ0) is 22.8. The van der Waals surface area contributed by atoms with Crippen molar-refractivity contribution in [2.45, 2.75) is 65.8 Å². The van der Waals surface area contributed by atoms with Crippen LogP contribution < -0.4 is 5.32 Å². The number of likely N-dealkylation sites (tertiary alicyclic amines) is 1. The van der Waals surface area contributed by atoms with E-state index in [1.54, 1.807) is 4.90 Å². The molecule has 6 nitrogen and oxygen atoms in total. The van der Waals surface area contributed by atoms with Crippen molar-refractivity contribution < 1.29 is 14.4 Å². The summed E-state index contributed by atoms with van der Waals surface area (Å²) in [6.07, 6.45) is 3.13. The second-order valence-electron chi connectivity index (χ2n) is 8.86. The highest BCUT2D eigenvalue weighted by Gasteiger charge is 2.35. The van der Waals surface area contributed by atoms with Gasteiger partial charge in [0.25, 0.3) is 0 Å². The fraction of sp³-hybridized carbons (Fsp3) is 0.640. The molecule has 0 bridgehead atoms. The van der Waals surface area contributed by atoms with Gasteiger partial charge in [-0.1, -0.05) is 44.2 Å². The van der Waals surface area contributed by atoms with Gasteiger partial charge in [0.2, 0.25) is 17.7 Å². The number of likely N-dealkylation sites (N-methyl/N-ethyl adjacent to an activating group) is 1. The normalized spacial score (nSPS) is 15.6. The summed E-state index contributed by atoms with van der Waals surface area (Å²) < 4.78 is 0. The topological polar surface area (TPSA) is 69.7 Å². The molecule has 1 aliphatic heterocycles. The molecule has 3 amide bonds. The highest BCUT2D eigenvalue weighted by molar-refractivity contribution is 5.88. The van der Waals surface area contributed by atoms with Crippen molar-refractivity contribution in [3.63, 3.8) is 0 Å². The number of hydrogen-bond acceptors (Lipinski definition) is 3. The van der Waals surface area contributed by atoms with Crippen LogP contribution in [0.25, 0.3) is 0 Å². The lowest BCUT2D eigenvalue weighted by atomic mass is 9.88. The zero-order valence-corrected chi connectivity index (χ0v) is 19.6. The van der Waals surface area contributed by atoms with Gasteiger partial charge in [-0.25, -0.2) is 0 Å². The molecular weight excluding hydrogens is 390 g/mol. The summed E-state index contributed by atoms with van der Waals surface area (Å²) in [5.74, 6) is 0.395. The standard InChI is InChI=1S/C25H39N3O3/c1-5-27(6-2)25(31)24(26-22(29)18-19(3)4)21-14-16-28(17-15-21)23(30)13-12-20-10-8-7-9-11-20/h7-11,19,21,24H,5-6,12-18H2,1-4H3,(H,26,29)/t24-/m1/s1. The molecule has 0 radical (unpaired) electrons. The van der Waals surface area contributed by atoms with Gasteiger partial charge in [-0.15, -0.1) is 0 Å². The molecule has 1 fully saturated rings.